The lowest BCUT2D eigenvalue weighted by atomic mass is 9.83. The van der Waals surface area contributed by atoms with Crippen LogP contribution in [0.2, 0.25) is 10.0 Å². The molecule has 1 atom stereocenters. The standard InChI is InChI=1S/C13H15Cl2N/c14-10-4-5-12(15)11(8-10)13(9-2-3-9)6-1-7-16-13/h4-5,8-9,16H,1-3,6-7H2. The molecule has 86 valence electrons. The molecule has 0 radical (unpaired) electrons. The van der Waals surface area contributed by atoms with Gasteiger partial charge < -0.3 is 5.32 Å². The molecule has 0 bridgehead atoms. The van der Waals surface area contributed by atoms with Crippen molar-refractivity contribution in [3.05, 3.63) is 33.8 Å². The molecule has 1 saturated heterocycles. The van der Waals surface area contributed by atoms with E-state index in [9.17, 15) is 0 Å². The van der Waals surface area contributed by atoms with Crippen molar-refractivity contribution in [2.24, 2.45) is 5.92 Å². The summed E-state index contributed by atoms with van der Waals surface area (Å²) >= 11 is 12.4. The third kappa shape index (κ3) is 1.66. The molecule has 0 amide bonds. The van der Waals surface area contributed by atoms with Crippen molar-refractivity contribution in [2.45, 2.75) is 31.2 Å². The molecule has 2 fully saturated rings. The van der Waals surface area contributed by atoms with E-state index < -0.39 is 0 Å². The maximum atomic E-state index is 6.34. The lowest BCUT2D eigenvalue weighted by Crippen LogP contribution is -2.39. The molecular formula is C13H15Cl2N. The van der Waals surface area contributed by atoms with E-state index in [-0.39, 0.29) is 5.54 Å². The Bertz CT molecular complexity index is 406. The third-order valence-electron chi connectivity index (χ3n) is 3.87. The minimum absolute atomic E-state index is 0.113. The summed E-state index contributed by atoms with van der Waals surface area (Å²) in [5, 5.41) is 5.31. The number of nitrogens with one attached hydrogen (secondary N) is 1. The monoisotopic (exact) mass is 255 g/mol. The van der Waals surface area contributed by atoms with Crippen LogP contribution in [0.3, 0.4) is 0 Å². The normalized spacial score (nSPS) is 29.6. The highest BCUT2D eigenvalue weighted by molar-refractivity contribution is 6.33. The van der Waals surface area contributed by atoms with Crippen LogP contribution in [0.5, 0.6) is 0 Å². The second kappa shape index (κ2) is 3.90. The van der Waals surface area contributed by atoms with Crippen molar-refractivity contribution in [3.8, 4) is 0 Å². The minimum Gasteiger partial charge on any atom is -0.307 e. The zero-order chi connectivity index (χ0) is 11.2. The van der Waals surface area contributed by atoms with Crippen molar-refractivity contribution in [1.29, 1.82) is 0 Å². The van der Waals surface area contributed by atoms with Gasteiger partial charge in [-0.3, -0.25) is 0 Å². The van der Waals surface area contributed by atoms with Gasteiger partial charge in [-0.05, 0) is 61.9 Å². The second-order valence-electron chi connectivity index (χ2n) is 4.90. The van der Waals surface area contributed by atoms with Crippen molar-refractivity contribution >= 4 is 23.2 Å². The lowest BCUT2D eigenvalue weighted by molar-refractivity contribution is 0.336. The van der Waals surface area contributed by atoms with Gasteiger partial charge in [-0.15, -0.1) is 0 Å². The van der Waals surface area contributed by atoms with Gasteiger partial charge in [0.25, 0.3) is 0 Å². The van der Waals surface area contributed by atoms with Gasteiger partial charge in [0, 0.05) is 15.6 Å². The van der Waals surface area contributed by atoms with E-state index in [1.807, 2.05) is 18.2 Å². The molecule has 2 aliphatic rings. The SMILES string of the molecule is Clc1ccc(Cl)c(C2(C3CC3)CCCN2)c1. The van der Waals surface area contributed by atoms with Crippen LogP contribution in [-0.4, -0.2) is 6.54 Å². The van der Waals surface area contributed by atoms with E-state index in [1.54, 1.807) is 0 Å². The summed E-state index contributed by atoms with van der Waals surface area (Å²) in [5.41, 5.74) is 1.32. The average molecular weight is 256 g/mol. The Labute approximate surface area is 106 Å². The fourth-order valence-corrected chi connectivity index (χ4v) is 3.44. The van der Waals surface area contributed by atoms with Crippen LogP contribution in [0.25, 0.3) is 0 Å². The number of benzene rings is 1. The fraction of sp³-hybridized carbons (Fsp3) is 0.538. The number of hydrogen-bond acceptors (Lipinski definition) is 1. The third-order valence-corrected chi connectivity index (χ3v) is 4.44. The van der Waals surface area contributed by atoms with Crippen LogP contribution in [0, 0.1) is 5.92 Å². The Hall–Kier alpha value is -0.240. The Balaban J connectivity index is 2.08. The highest BCUT2D eigenvalue weighted by Gasteiger charge is 2.48. The smallest absolute Gasteiger partial charge is 0.0479 e. The maximum Gasteiger partial charge on any atom is 0.0479 e. The highest BCUT2D eigenvalue weighted by atomic mass is 35.5. The number of rotatable bonds is 2. The molecule has 1 saturated carbocycles. The van der Waals surface area contributed by atoms with E-state index in [4.69, 9.17) is 23.2 Å². The first-order valence-corrected chi connectivity index (χ1v) is 6.68. The molecule has 0 aromatic heterocycles. The quantitative estimate of drug-likeness (QED) is 0.843. The van der Waals surface area contributed by atoms with E-state index >= 15 is 0 Å². The summed E-state index contributed by atoms with van der Waals surface area (Å²) in [6.45, 7) is 1.10. The average Bonchev–Trinajstić information content (AvgIpc) is 3.02. The number of hydrogen-bond donors (Lipinski definition) is 1. The van der Waals surface area contributed by atoms with Gasteiger partial charge >= 0.3 is 0 Å². The largest absolute Gasteiger partial charge is 0.307 e. The van der Waals surface area contributed by atoms with Gasteiger partial charge in [0.1, 0.15) is 0 Å². The van der Waals surface area contributed by atoms with Crippen molar-refractivity contribution < 1.29 is 0 Å². The molecule has 1 heterocycles. The van der Waals surface area contributed by atoms with Gasteiger partial charge in [-0.1, -0.05) is 23.2 Å². The molecule has 0 spiro atoms. The summed E-state index contributed by atoms with van der Waals surface area (Å²) in [4.78, 5) is 0. The van der Waals surface area contributed by atoms with E-state index in [1.165, 1.54) is 31.2 Å². The zero-order valence-electron chi connectivity index (χ0n) is 9.10. The lowest BCUT2D eigenvalue weighted by Gasteiger charge is -2.31. The summed E-state index contributed by atoms with van der Waals surface area (Å²) in [7, 11) is 0. The molecule has 3 rings (SSSR count). The van der Waals surface area contributed by atoms with E-state index in [0.717, 1.165) is 22.5 Å². The molecule has 1 aliphatic heterocycles. The first kappa shape index (κ1) is 10.9. The summed E-state index contributed by atoms with van der Waals surface area (Å²) in [5.74, 6) is 0.756. The van der Waals surface area contributed by atoms with Crippen LogP contribution in [-0.2, 0) is 5.54 Å². The highest BCUT2D eigenvalue weighted by Crippen LogP contribution is 2.52. The molecule has 1 unspecified atom stereocenters. The molecule has 1 aromatic carbocycles. The maximum absolute atomic E-state index is 6.34. The van der Waals surface area contributed by atoms with Crippen molar-refractivity contribution in [3.63, 3.8) is 0 Å². The molecule has 16 heavy (non-hydrogen) atoms. The number of halogens is 2. The molecule has 1 aliphatic carbocycles. The van der Waals surface area contributed by atoms with E-state index in [0.29, 0.717) is 0 Å². The van der Waals surface area contributed by atoms with Crippen LogP contribution in [0.4, 0.5) is 0 Å². The molecule has 3 heteroatoms. The Kier molecular flexibility index (Phi) is 2.66. The van der Waals surface area contributed by atoms with Crippen LogP contribution in [0.1, 0.15) is 31.2 Å². The first-order valence-electron chi connectivity index (χ1n) is 5.93. The predicted octanol–water partition coefficient (Wildman–Crippen LogP) is 3.98. The van der Waals surface area contributed by atoms with Gasteiger partial charge in [0.15, 0.2) is 0 Å². The first-order chi connectivity index (χ1) is 7.72. The Morgan fingerprint density at radius 3 is 2.69 bits per heavy atom. The van der Waals surface area contributed by atoms with Crippen LogP contribution < -0.4 is 5.32 Å². The van der Waals surface area contributed by atoms with E-state index in [2.05, 4.69) is 5.32 Å². The van der Waals surface area contributed by atoms with Crippen LogP contribution in [0.15, 0.2) is 18.2 Å². The summed E-state index contributed by atoms with van der Waals surface area (Å²) < 4.78 is 0. The fourth-order valence-electron chi connectivity index (χ4n) is 2.98. The van der Waals surface area contributed by atoms with Gasteiger partial charge in [0.2, 0.25) is 0 Å². The molecule has 1 nitrogen and oxygen atoms in total. The minimum atomic E-state index is 0.113. The summed E-state index contributed by atoms with van der Waals surface area (Å²) in [6, 6.07) is 5.83. The topological polar surface area (TPSA) is 12.0 Å². The second-order valence-corrected chi connectivity index (χ2v) is 5.74. The van der Waals surface area contributed by atoms with Crippen molar-refractivity contribution in [1.82, 2.24) is 5.32 Å². The predicted molar refractivity (Wildman–Crippen MR) is 68.1 cm³/mol. The van der Waals surface area contributed by atoms with Gasteiger partial charge in [0.05, 0.1) is 0 Å². The zero-order valence-corrected chi connectivity index (χ0v) is 10.6. The summed E-state index contributed by atoms with van der Waals surface area (Å²) in [6.07, 6.45) is 5.06. The van der Waals surface area contributed by atoms with Gasteiger partial charge in [-0.2, -0.15) is 0 Å². The van der Waals surface area contributed by atoms with Crippen molar-refractivity contribution in [2.75, 3.05) is 6.54 Å². The Morgan fingerprint density at radius 1 is 1.25 bits per heavy atom. The Morgan fingerprint density at radius 2 is 2.06 bits per heavy atom. The molecule has 1 N–H and O–H groups in total. The van der Waals surface area contributed by atoms with Gasteiger partial charge in [-0.25, -0.2) is 0 Å². The molecule has 1 aromatic rings. The molecular weight excluding hydrogens is 241 g/mol. The van der Waals surface area contributed by atoms with Crippen LogP contribution >= 0.6 is 23.2 Å².